The number of nitrogens with one attached hydrogen (secondary N) is 1. The van der Waals surface area contributed by atoms with Crippen LogP contribution in [0.1, 0.15) is 48.4 Å². The number of amidine groups is 1. The molecule has 0 radical (unpaired) electrons. The number of nitrogens with zero attached hydrogens (tertiary/aromatic N) is 1. The Bertz CT molecular complexity index is 784. The Morgan fingerprint density at radius 2 is 2.04 bits per heavy atom. The first-order valence-electron chi connectivity index (χ1n) is 8.72. The number of ether oxygens (including phenoxy) is 1. The molecule has 0 fully saturated rings. The number of rotatable bonds is 3. The van der Waals surface area contributed by atoms with E-state index < -0.39 is 0 Å². The van der Waals surface area contributed by atoms with Crippen LogP contribution in [0.2, 0.25) is 0 Å². The molecule has 4 nitrogen and oxygen atoms in total. The molecule has 2 atom stereocenters. The van der Waals surface area contributed by atoms with E-state index in [4.69, 9.17) is 10.5 Å². The Morgan fingerprint density at radius 1 is 1.21 bits per heavy atom. The summed E-state index contributed by atoms with van der Waals surface area (Å²) in [4.78, 5) is 4.69. The topological polar surface area (TPSA) is 59.6 Å². The van der Waals surface area contributed by atoms with E-state index in [0.29, 0.717) is 5.92 Å². The van der Waals surface area contributed by atoms with Crippen molar-refractivity contribution < 1.29 is 4.74 Å². The van der Waals surface area contributed by atoms with Crippen molar-refractivity contribution in [2.75, 3.05) is 13.1 Å². The molecule has 4 rings (SSSR count). The van der Waals surface area contributed by atoms with Gasteiger partial charge in [-0.25, -0.2) is 0 Å². The number of hydrogen-bond donors (Lipinski definition) is 2. The summed E-state index contributed by atoms with van der Waals surface area (Å²) in [6.45, 7) is 4.13. The van der Waals surface area contributed by atoms with Gasteiger partial charge < -0.3 is 15.8 Å². The van der Waals surface area contributed by atoms with Gasteiger partial charge in [0, 0.05) is 30.1 Å². The second-order valence-electron chi connectivity index (χ2n) is 6.42. The average Bonchev–Trinajstić information content (AvgIpc) is 2.64. The van der Waals surface area contributed by atoms with Crippen molar-refractivity contribution in [3.63, 3.8) is 0 Å². The molecule has 2 aliphatic rings. The maximum atomic E-state index is 6.52. The van der Waals surface area contributed by atoms with E-state index in [1.807, 2.05) is 30.3 Å². The number of fused-ring (bicyclic) bond motifs is 2. The third-order valence-electron chi connectivity index (χ3n) is 4.91. The number of para-hydroxylation sites is 1. The van der Waals surface area contributed by atoms with Gasteiger partial charge in [-0.1, -0.05) is 31.2 Å². The van der Waals surface area contributed by atoms with Gasteiger partial charge in [-0.3, -0.25) is 4.99 Å². The molecule has 2 heterocycles. The van der Waals surface area contributed by atoms with Crippen LogP contribution in [-0.4, -0.2) is 18.9 Å². The van der Waals surface area contributed by atoms with E-state index in [-0.39, 0.29) is 6.04 Å². The van der Waals surface area contributed by atoms with Gasteiger partial charge in [0.25, 0.3) is 0 Å². The van der Waals surface area contributed by atoms with E-state index in [9.17, 15) is 0 Å². The van der Waals surface area contributed by atoms with Gasteiger partial charge in [-0.15, -0.1) is 0 Å². The normalized spacial score (nSPS) is 20.1. The van der Waals surface area contributed by atoms with Gasteiger partial charge in [0.05, 0.1) is 6.04 Å². The smallest absolute Gasteiger partial charge is 0.132 e. The van der Waals surface area contributed by atoms with Gasteiger partial charge in [0.2, 0.25) is 0 Å². The zero-order valence-corrected chi connectivity index (χ0v) is 14.0. The van der Waals surface area contributed by atoms with E-state index in [2.05, 4.69) is 29.4 Å². The van der Waals surface area contributed by atoms with E-state index in [1.165, 1.54) is 5.56 Å². The molecule has 0 amide bonds. The minimum atomic E-state index is -0.149. The number of nitrogens with two attached hydrogens (primary N) is 1. The molecular weight excluding hydrogens is 298 g/mol. The average molecular weight is 321 g/mol. The largest absolute Gasteiger partial charge is 0.457 e. The van der Waals surface area contributed by atoms with Crippen LogP contribution in [0.4, 0.5) is 0 Å². The molecule has 0 saturated carbocycles. The summed E-state index contributed by atoms with van der Waals surface area (Å²) in [6, 6.07) is 14.2. The Kier molecular flexibility index (Phi) is 3.98. The van der Waals surface area contributed by atoms with Crippen molar-refractivity contribution in [3.05, 3.63) is 59.2 Å². The lowest BCUT2D eigenvalue weighted by atomic mass is 9.88. The van der Waals surface area contributed by atoms with Crippen LogP contribution in [0.3, 0.4) is 0 Å². The van der Waals surface area contributed by atoms with Gasteiger partial charge in [-0.2, -0.15) is 0 Å². The third kappa shape index (κ3) is 2.57. The quantitative estimate of drug-likeness (QED) is 0.905. The fourth-order valence-electron chi connectivity index (χ4n) is 3.61. The summed E-state index contributed by atoms with van der Waals surface area (Å²) < 4.78 is 6.04. The number of hydrogen-bond acceptors (Lipinski definition) is 4. The Labute approximate surface area is 142 Å². The number of aliphatic imine (C=N–C) groups is 1. The molecule has 0 aromatic heterocycles. The molecule has 0 bridgehead atoms. The molecule has 4 heteroatoms. The first-order chi connectivity index (χ1) is 11.8. The van der Waals surface area contributed by atoms with Crippen molar-refractivity contribution in [3.8, 4) is 11.5 Å². The zero-order chi connectivity index (χ0) is 16.5. The molecule has 0 spiro atoms. The maximum Gasteiger partial charge on any atom is 0.132 e. The third-order valence-corrected chi connectivity index (χ3v) is 4.91. The van der Waals surface area contributed by atoms with Crippen molar-refractivity contribution in [2.24, 2.45) is 10.7 Å². The summed E-state index contributed by atoms with van der Waals surface area (Å²) in [5.74, 6) is 3.11. The van der Waals surface area contributed by atoms with Crippen molar-refractivity contribution >= 4 is 5.84 Å². The van der Waals surface area contributed by atoms with Crippen LogP contribution < -0.4 is 15.8 Å². The highest BCUT2D eigenvalue weighted by molar-refractivity contribution is 5.89. The van der Waals surface area contributed by atoms with Crippen molar-refractivity contribution in [2.45, 2.75) is 31.7 Å². The Morgan fingerprint density at radius 3 is 2.83 bits per heavy atom. The molecule has 124 valence electrons. The van der Waals surface area contributed by atoms with Gasteiger partial charge >= 0.3 is 0 Å². The highest BCUT2D eigenvalue weighted by Crippen LogP contribution is 2.42. The summed E-state index contributed by atoms with van der Waals surface area (Å²) in [7, 11) is 0. The molecule has 2 aromatic carbocycles. The lowest BCUT2D eigenvalue weighted by Gasteiger charge is -2.28. The lowest BCUT2D eigenvalue weighted by molar-refractivity contribution is 0.446. The molecule has 2 aliphatic heterocycles. The van der Waals surface area contributed by atoms with Crippen LogP contribution in [0.25, 0.3) is 0 Å². The fraction of sp³-hybridized carbons (Fsp3) is 0.350. The summed E-state index contributed by atoms with van der Waals surface area (Å²) in [5.41, 5.74) is 9.87. The van der Waals surface area contributed by atoms with Gasteiger partial charge in [0.1, 0.15) is 17.3 Å². The van der Waals surface area contributed by atoms with Crippen molar-refractivity contribution in [1.29, 1.82) is 0 Å². The predicted octanol–water partition coefficient (Wildman–Crippen LogP) is 3.73. The zero-order valence-electron chi connectivity index (χ0n) is 14.0. The molecule has 0 saturated heterocycles. The molecule has 0 aliphatic carbocycles. The van der Waals surface area contributed by atoms with Crippen LogP contribution in [0.5, 0.6) is 11.5 Å². The SMILES string of the molecule is CCC(C1=NCCCN1)c1ccc2c(c1)C(N)c1ccccc1O2. The molecular formula is C20H23N3O. The molecule has 24 heavy (non-hydrogen) atoms. The number of benzene rings is 2. The van der Waals surface area contributed by atoms with Crippen LogP contribution >= 0.6 is 0 Å². The first-order valence-corrected chi connectivity index (χ1v) is 8.72. The van der Waals surface area contributed by atoms with E-state index >= 15 is 0 Å². The van der Waals surface area contributed by atoms with Gasteiger partial charge in [-0.05, 0) is 36.6 Å². The second-order valence-corrected chi connectivity index (χ2v) is 6.42. The summed E-state index contributed by atoms with van der Waals surface area (Å²) in [6.07, 6.45) is 2.12. The highest BCUT2D eigenvalue weighted by atomic mass is 16.5. The monoisotopic (exact) mass is 321 g/mol. The molecule has 2 unspecified atom stereocenters. The maximum absolute atomic E-state index is 6.52. The summed E-state index contributed by atoms with van der Waals surface area (Å²) in [5, 5.41) is 3.46. The van der Waals surface area contributed by atoms with Crippen molar-refractivity contribution in [1.82, 2.24) is 5.32 Å². The van der Waals surface area contributed by atoms with Crippen LogP contribution in [-0.2, 0) is 0 Å². The standard InChI is InChI=1S/C20H23N3O/c1-2-14(20-22-10-5-11-23-20)13-8-9-18-16(12-13)19(21)15-6-3-4-7-17(15)24-18/h3-4,6-9,12,14,19H,2,5,10-11,21H2,1H3,(H,22,23). The second kappa shape index (κ2) is 6.29. The summed E-state index contributed by atoms with van der Waals surface area (Å²) >= 11 is 0. The predicted molar refractivity (Wildman–Crippen MR) is 96.9 cm³/mol. The van der Waals surface area contributed by atoms with Crippen LogP contribution in [0, 0.1) is 0 Å². The minimum absolute atomic E-state index is 0.149. The van der Waals surface area contributed by atoms with E-state index in [0.717, 1.165) is 54.4 Å². The minimum Gasteiger partial charge on any atom is -0.457 e. The molecule has 2 aromatic rings. The Hall–Kier alpha value is -2.33. The fourth-order valence-corrected chi connectivity index (χ4v) is 3.61. The van der Waals surface area contributed by atoms with E-state index in [1.54, 1.807) is 0 Å². The highest BCUT2D eigenvalue weighted by Gasteiger charge is 2.26. The van der Waals surface area contributed by atoms with Crippen LogP contribution in [0.15, 0.2) is 47.5 Å². The Balaban J connectivity index is 1.71. The lowest BCUT2D eigenvalue weighted by Crippen LogP contribution is -2.34. The van der Waals surface area contributed by atoms with Gasteiger partial charge in [0.15, 0.2) is 0 Å². The molecule has 3 N–H and O–H groups in total. The first kappa shape index (κ1) is 15.2.